The van der Waals surface area contributed by atoms with E-state index in [2.05, 4.69) is 254 Å². The molecule has 0 radical (unpaired) electrons. The smallest absolute Gasteiger partial charge is 0.0714 e. The SMILES string of the molecule is c1ccc(-c2cccc3c2-c2ccc(N(c4ccc(-c5ccc(C6CC7CCC6C7)cc5)cc4)c4ccc(-c5ccccc5-c5ccc(C6CCCCC6)cc5)cc4)cc2C3(c2ccccc2)c2ccccc2)cc1. The third-order valence-electron chi connectivity index (χ3n) is 18.1. The van der Waals surface area contributed by atoms with Crippen LogP contribution in [0.2, 0.25) is 0 Å². The highest BCUT2D eigenvalue weighted by Crippen LogP contribution is 2.60. The van der Waals surface area contributed by atoms with Gasteiger partial charge in [0, 0.05) is 17.1 Å². The first kappa shape index (κ1) is 45.6. The first-order chi connectivity index (χ1) is 37.2. The zero-order valence-corrected chi connectivity index (χ0v) is 42.8. The summed E-state index contributed by atoms with van der Waals surface area (Å²) in [5.74, 6) is 3.25. The Morgan fingerprint density at radius 3 is 1.43 bits per heavy atom. The lowest BCUT2D eigenvalue weighted by Gasteiger charge is -2.35. The van der Waals surface area contributed by atoms with Crippen LogP contribution in [0.3, 0.4) is 0 Å². The fourth-order valence-electron chi connectivity index (χ4n) is 14.5. The highest BCUT2D eigenvalue weighted by atomic mass is 15.1. The van der Waals surface area contributed by atoms with Gasteiger partial charge in [-0.25, -0.2) is 0 Å². The molecule has 3 fully saturated rings. The Hall–Kier alpha value is -8.00. The Kier molecular flexibility index (Phi) is 11.8. The molecule has 364 valence electrons. The van der Waals surface area contributed by atoms with E-state index in [1.165, 1.54) is 147 Å². The number of anilines is 3. The summed E-state index contributed by atoms with van der Waals surface area (Å²) in [6.07, 6.45) is 12.3. The third-order valence-corrected chi connectivity index (χ3v) is 18.1. The third kappa shape index (κ3) is 8.07. The summed E-state index contributed by atoms with van der Waals surface area (Å²) in [6, 6.07) is 94.2. The van der Waals surface area contributed by atoms with Crippen molar-refractivity contribution >= 4 is 17.1 Å². The van der Waals surface area contributed by atoms with Gasteiger partial charge < -0.3 is 4.90 Å². The van der Waals surface area contributed by atoms with Crippen molar-refractivity contribution in [2.24, 2.45) is 11.8 Å². The molecule has 75 heavy (non-hydrogen) atoms. The molecule has 0 amide bonds. The topological polar surface area (TPSA) is 3.24 Å². The summed E-state index contributed by atoms with van der Waals surface area (Å²) in [7, 11) is 0. The minimum Gasteiger partial charge on any atom is -0.310 e. The van der Waals surface area contributed by atoms with Crippen LogP contribution in [0.4, 0.5) is 17.1 Å². The van der Waals surface area contributed by atoms with Crippen LogP contribution in [0.1, 0.15) is 103 Å². The minimum absolute atomic E-state index is 0.574. The van der Waals surface area contributed by atoms with E-state index < -0.39 is 5.41 Å². The van der Waals surface area contributed by atoms with Crippen LogP contribution in [-0.2, 0) is 5.41 Å². The number of rotatable bonds is 11. The summed E-state index contributed by atoms with van der Waals surface area (Å²) < 4.78 is 0. The molecule has 3 unspecified atom stereocenters. The van der Waals surface area contributed by atoms with Crippen molar-refractivity contribution in [1.82, 2.24) is 0 Å². The molecule has 0 heterocycles. The van der Waals surface area contributed by atoms with E-state index in [1.807, 2.05) is 0 Å². The van der Waals surface area contributed by atoms with E-state index in [-0.39, 0.29) is 0 Å². The molecule has 2 bridgehead atoms. The second-order valence-electron chi connectivity index (χ2n) is 22.1. The van der Waals surface area contributed by atoms with Crippen LogP contribution in [0.25, 0.3) is 55.6 Å². The first-order valence-electron chi connectivity index (χ1n) is 27.9. The lowest BCUT2D eigenvalue weighted by molar-refractivity contribution is 0.420. The standard InChI is InChI=1S/C74H63N/c1-5-16-52(17-6-1)53-30-34-57(35-31-53)66-24-13-14-25-67(66)58-40-44-64(45-41-58)75(63-42-38-55(39-43-63)54-32-36-59(37-33-54)70-49-51-28-29-60(70)48-51)65-46-47-69-72(50-65)74(61-20-9-3-10-21-61,62-22-11-4-12-23-62)71-27-15-26-68(73(69)71)56-18-7-2-8-19-56/h2-4,7-15,18-27,30-47,50-52,60,70H,1,5-6,16-17,28-29,48-49H2. The second kappa shape index (κ2) is 19.4. The van der Waals surface area contributed by atoms with Crippen LogP contribution in [0.5, 0.6) is 0 Å². The van der Waals surface area contributed by atoms with Gasteiger partial charge in [-0.3, -0.25) is 0 Å². The molecule has 0 spiro atoms. The number of hydrogen-bond acceptors (Lipinski definition) is 1. The van der Waals surface area contributed by atoms with Crippen molar-refractivity contribution in [2.45, 2.75) is 75.0 Å². The maximum atomic E-state index is 2.51. The van der Waals surface area contributed by atoms with Gasteiger partial charge in [0.1, 0.15) is 0 Å². The average Bonchev–Trinajstić information content (AvgIpc) is 4.34. The average molecular weight is 966 g/mol. The molecule has 10 aromatic rings. The Bertz CT molecular complexity index is 3570. The van der Waals surface area contributed by atoms with Gasteiger partial charge in [-0.05, 0) is 181 Å². The first-order valence-corrected chi connectivity index (χ1v) is 27.9. The van der Waals surface area contributed by atoms with Crippen molar-refractivity contribution in [3.05, 3.63) is 282 Å². The predicted octanol–water partition coefficient (Wildman–Crippen LogP) is 20.1. The van der Waals surface area contributed by atoms with E-state index in [0.29, 0.717) is 5.92 Å². The van der Waals surface area contributed by atoms with Crippen molar-refractivity contribution in [3.8, 4) is 55.6 Å². The molecule has 3 atom stereocenters. The van der Waals surface area contributed by atoms with Crippen LogP contribution in [0.15, 0.2) is 249 Å². The fourth-order valence-corrected chi connectivity index (χ4v) is 14.5. The van der Waals surface area contributed by atoms with E-state index in [4.69, 9.17) is 0 Å². The molecule has 4 aliphatic rings. The van der Waals surface area contributed by atoms with Gasteiger partial charge >= 0.3 is 0 Å². The Labute approximate surface area is 444 Å². The molecule has 1 nitrogen and oxygen atoms in total. The molecule has 14 rings (SSSR count). The summed E-state index contributed by atoms with van der Waals surface area (Å²) in [6.45, 7) is 0. The molecule has 3 saturated carbocycles. The normalized spacial score (nSPS) is 18.4. The number of benzene rings is 10. The zero-order chi connectivity index (χ0) is 49.7. The fraction of sp³-hybridized carbons (Fsp3) is 0.189. The lowest BCUT2D eigenvalue weighted by atomic mass is 9.67. The summed E-state index contributed by atoms with van der Waals surface area (Å²) >= 11 is 0. The maximum Gasteiger partial charge on any atom is 0.0714 e. The quantitative estimate of drug-likeness (QED) is 0.125. The van der Waals surface area contributed by atoms with Crippen molar-refractivity contribution in [3.63, 3.8) is 0 Å². The molecule has 10 aromatic carbocycles. The van der Waals surface area contributed by atoms with Crippen LogP contribution in [0, 0.1) is 11.8 Å². The van der Waals surface area contributed by atoms with Crippen LogP contribution >= 0.6 is 0 Å². The lowest BCUT2D eigenvalue weighted by Crippen LogP contribution is -2.28. The van der Waals surface area contributed by atoms with Gasteiger partial charge in [0.25, 0.3) is 0 Å². The van der Waals surface area contributed by atoms with Crippen molar-refractivity contribution in [1.29, 1.82) is 0 Å². The molecular formula is C74H63N. The van der Waals surface area contributed by atoms with E-state index in [9.17, 15) is 0 Å². The van der Waals surface area contributed by atoms with Crippen LogP contribution in [-0.4, -0.2) is 0 Å². The molecule has 0 aromatic heterocycles. The summed E-state index contributed by atoms with van der Waals surface area (Å²) in [5, 5.41) is 0. The monoisotopic (exact) mass is 965 g/mol. The maximum absolute atomic E-state index is 2.51. The summed E-state index contributed by atoms with van der Waals surface area (Å²) in [5.41, 5.74) is 23.5. The van der Waals surface area contributed by atoms with Gasteiger partial charge in [0.05, 0.1) is 5.41 Å². The molecule has 0 N–H and O–H groups in total. The van der Waals surface area contributed by atoms with Gasteiger partial charge in [-0.2, -0.15) is 0 Å². The van der Waals surface area contributed by atoms with Gasteiger partial charge in [0.2, 0.25) is 0 Å². The molecular weight excluding hydrogens is 903 g/mol. The van der Waals surface area contributed by atoms with E-state index in [0.717, 1.165) is 34.8 Å². The highest BCUT2D eigenvalue weighted by molar-refractivity contribution is 5.97. The van der Waals surface area contributed by atoms with Crippen molar-refractivity contribution < 1.29 is 0 Å². The van der Waals surface area contributed by atoms with Gasteiger partial charge in [-0.1, -0.05) is 238 Å². The molecule has 1 heteroatoms. The van der Waals surface area contributed by atoms with Crippen molar-refractivity contribution in [2.75, 3.05) is 4.90 Å². The minimum atomic E-state index is -0.574. The molecule has 0 aliphatic heterocycles. The Morgan fingerprint density at radius 2 is 0.840 bits per heavy atom. The van der Waals surface area contributed by atoms with E-state index in [1.54, 1.807) is 0 Å². The Morgan fingerprint density at radius 1 is 0.333 bits per heavy atom. The number of hydrogen-bond donors (Lipinski definition) is 0. The number of fused-ring (bicyclic) bond motifs is 5. The predicted molar refractivity (Wildman–Crippen MR) is 314 cm³/mol. The molecule has 4 aliphatic carbocycles. The molecule has 0 saturated heterocycles. The zero-order valence-electron chi connectivity index (χ0n) is 42.8. The summed E-state index contributed by atoms with van der Waals surface area (Å²) in [4.78, 5) is 2.48. The van der Waals surface area contributed by atoms with Crippen LogP contribution < -0.4 is 4.90 Å². The largest absolute Gasteiger partial charge is 0.310 e. The van der Waals surface area contributed by atoms with Gasteiger partial charge in [-0.15, -0.1) is 0 Å². The Balaban J connectivity index is 0.898. The highest BCUT2D eigenvalue weighted by Gasteiger charge is 2.47. The van der Waals surface area contributed by atoms with E-state index >= 15 is 0 Å². The number of nitrogens with zero attached hydrogens (tertiary/aromatic N) is 1. The van der Waals surface area contributed by atoms with Gasteiger partial charge in [0.15, 0.2) is 0 Å². The second-order valence-corrected chi connectivity index (χ2v) is 22.1.